The Morgan fingerprint density at radius 2 is 1.59 bits per heavy atom. The summed E-state index contributed by atoms with van der Waals surface area (Å²) in [7, 11) is 0. The molecule has 0 aliphatic carbocycles. The van der Waals surface area contributed by atoms with E-state index in [2.05, 4.69) is 0 Å². The molecule has 1 aliphatic heterocycles. The number of carbonyl (C=O) groups is 4. The number of urea groups is 1. The number of carbonyl (C=O) groups excluding carboxylic acids is 4. The van der Waals surface area contributed by atoms with Crippen LogP contribution in [-0.4, -0.2) is 51.1 Å². The molecule has 3 rings (SSSR count). The van der Waals surface area contributed by atoms with Crippen molar-refractivity contribution in [3.8, 4) is 0 Å². The highest BCUT2D eigenvalue weighted by molar-refractivity contribution is 6.45. The molecule has 1 aliphatic rings. The molecule has 7 nitrogen and oxygen atoms in total. The van der Waals surface area contributed by atoms with Crippen molar-refractivity contribution >= 4 is 23.6 Å². The van der Waals surface area contributed by atoms with Crippen LogP contribution < -0.4 is 0 Å². The van der Waals surface area contributed by atoms with E-state index in [4.69, 9.17) is 0 Å². The van der Waals surface area contributed by atoms with Gasteiger partial charge < -0.3 is 4.57 Å². The first-order valence-electron chi connectivity index (χ1n) is 9.61. The first-order chi connectivity index (χ1) is 13.7. The molecular weight excluding hydrogens is 370 g/mol. The fraction of sp³-hybridized carbons (Fsp3) is 0.364. The quantitative estimate of drug-likeness (QED) is 0.410. The van der Waals surface area contributed by atoms with Gasteiger partial charge in [0.2, 0.25) is 0 Å². The predicted octanol–water partition coefficient (Wildman–Crippen LogP) is 2.78. The molecular formula is C22H25N3O4. The van der Waals surface area contributed by atoms with E-state index in [9.17, 15) is 19.2 Å². The third-order valence-electron chi connectivity index (χ3n) is 5.04. The molecule has 0 bridgehead atoms. The number of rotatable bonds is 7. The molecule has 1 aromatic heterocycles. The van der Waals surface area contributed by atoms with Crippen molar-refractivity contribution in [2.75, 3.05) is 13.1 Å². The van der Waals surface area contributed by atoms with Gasteiger partial charge in [-0.3, -0.25) is 19.3 Å². The van der Waals surface area contributed by atoms with E-state index in [0.717, 1.165) is 26.8 Å². The molecule has 1 fully saturated rings. The van der Waals surface area contributed by atoms with Crippen molar-refractivity contribution < 1.29 is 19.2 Å². The Morgan fingerprint density at radius 1 is 0.966 bits per heavy atom. The number of hydrogen-bond donors (Lipinski definition) is 0. The van der Waals surface area contributed by atoms with Crippen LogP contribution in [0, 0.1) is 19.8 Å². The Balaban J connectivity index is 1.79. The summed E-state index contributed by atoms with van der Waals surface area (Å²) in [6.07, 6.45) is 0. The number of imide groups is 2. The van der Waals surface area contributed by atoms with E-state index in [0.29, 0.717) is 12.1 Å². The van der Waals surface area contributed by atoms with Gasteiger partial charge in [0.1, 0.15) is 0 Å². The number of hydrogen-bond acceptors (Lipinski definition) is 4. The largest absolute Gasteiger partial charge is 0.344 e. The van der Waals surface area contributed by atoms with Crippen molar-refractivity contribution in [1.82, 2.24) is 14.4 Å². The van der Waals surface area contributed by atoms with Crippen LogP contribution in [0.4, 0.5) is 4.79 Å². The summed E-state index contributed by atoms with van der Waals surface area (Å²) in [6.45, 7) is 7.78. The van der Waals surface area contributed by atoms with Crippen LogP contribution >= 0.6 is 0 Å². The lowest BCUT2D eigenvalue weighted by molar-refractivity contribution is -0.143. The van der Waals surface area contributed by atoms with Gasteiger partial charge in [0.25, 0.3) is 0 Å². The SMILES string of the molecule is Cc1cc(C(=O)CN2C(=O)C(=O)N(CC(C)C)C2=O)c(C)n1Cc1ccccc1. The van der Waals surface area contributed by atoms with E-state index in [1.165, 1.54) is 0 Å². The first kappa shape index (κ1) is 20.5. The summed E-state index contributed by atoms with van der Waals surface area (Å²) < 4.78 is 2.02. The van der Waals surface area contributed by atoms with Gasteiger partial charge in [-0.2, -0.15) is 0 Å². The first-order valence-corrected chi connectivity index (χ1v) is 9.61. The lowest BCUT2D eigenvalue weighted by Crippen LogP contribution is -2.38. The van der Waals surface area contributed by atoms with E-state index in [1.54, 1.807) is 6.07 Å². The lowest BCUT2D eigenvalue weighted by Gasteiger charge is -2.16. The number of amides is 4. The van der Waals surface area contributed by atoms with Gasteiger partial charge in [0, 0.05) is 30.0 Å². The van der Waals surface area contributed by atoms with Crippen LogP contribution in [0.25, 0.3) is 0 Å². The Morgan fingerprint density at radius 3 is 2.21 bits per heavy atom. The second kappa shape index (κ2) is 8.03. The van der Waals surface area contributed by atoms with Crippen molar-refractivity contribution in [3.63, 3.8) is 0 Å². The minimum Gasteiger partial charge on any atom is -0.344 e. The molecule has 2 heterocycles. The standard InChI is InChI=1S/C22H25N3O4/c1-14(2)11-24-20(27)21(28)25(22(24)29)13-19(26)18-10-15(3)23(16(18)4)12-17-8-6-5-7-9-17/h5-10,14H,11-13H2,1-4H3. The number of aromatic nitrogens is 1. The minimum absolute atomic E-state index is 0.0308. The maximum absolute atomic E-state index is 12.9. The molecule has 0 saturated carbocycles. The fourth-order valence-corrected chi connectivity index (χ4v) is 3.54. The van der Waals surface area contributed by atoms with Crippen LogP contribution in [0.15, 0.2) is 36.4 Å². The van der Waals surface area contributed by atoms with Crippen LogP contribution in [0.3, 0.4) is 0 Å². The topological polar surface area (TPSA) is 79.7 Å². The molecule has 7 heteroatoms. The molecule has 1 aromatic carbocycles. The highest BCUT2D eigenvalue weighted by atomic mass is 16.2. The molecule has 152 valence electrons. The van der Waals surface area contributed by atoms with Gasteiger partial charge in [-0.05, 0) is 31.4 Å². The second-order valence-corrected chi connectivity index (χ2v) is 7.76. The maximum Gasteiger partial charge on any atom is 0.334 e. The normalized spacial score (nSPS) is 14.4. The van der Waals surface area contributed by atoms with E-state index in [1.807, 2.05) is 62.6 Å². The van der Waals surface area contributed by atoms with Crippen molar-refractivity contribution in [2.24, 2.45) is 5.92 Å². The second-order valence-electron chi connectivity index (χ2n) is 7.76. The van der Waals surface area contributed by atoms with Crippen molar-refractivity contribution in [1.29, 1.82) is 0 Å². The Hall–Kier alpha value is -3.22. The number of aryl methyl sites for hydroxylation is 1. The predicted molar refractivity (Wildman–Crippen MR) is 107 cm³/mol. The molecule has 0 radical (unpaired) electrons. The molecule has 2 aromatic rings. The monoisotopic (exact) mass is 395 g/mol. The van der Waals surface area contributed by atoms with Crippen LogP contribution in [0.2, 0.25) is 0 Å². The third kappa shape index (κ3) is 3.99. The van der Waals surface area contributed by atoms with Gasteiger partial charge in [-0.15, -0.1) is 0 Å². The number of nitrogens with zero attached hydrogens (tertiary/aromatic N) is 3. The average molecular weight is 395 g/mol. The summed E-state index contributed by atoms with van der Waals surface area (Å²) >= 11 is 0. The van der Waals surface area contributed by atoms with Gasteiger partial charge in [-0.25, -0.2) is 9.69 Å². The van der Waals surface area contributed by atoms with Gasteiger partial charge in [0.05, 0.1) is 6.54 Å². The zero-order valence-corrected chi connectivity index (χ0v) is 17.1. The zero-order valence-electron chi connectivity index (χ0n) is 17.1. The van der Waals surface area contributed by atoms with E-state index in [-0.39, 0.29) is 18.2 Å². The number of Topliss-reactive ketones (excluding diaryl/α,β-unsaturated/α-hetero) is 1. The van der Waals surface area contributed by atoms with Crippen LogP contribution in [0.5, 0.6) is 0 Å². The molecule has 0 atom stereocenters. The molecule has 29 heavy (non-hydrogen) atoms. The average Bonchev–Trinajstić information content (AvgIpc) is 3.06. The van der Waals surface area contributed by atoms with Gasteiger partial charge in [0.15, 0.2) is 5.78 Å². The summed E-state index contributed by atoms with van der Waals surface area (Å²) in [5.74, 6) is -2.14. The highest BCUT2D eigenvalue weighted by Gasteiger charge is 2.45. The summed E-state index contributed by atoms with van der Waals surface area (Å²) in [4.78, 5) is 51.4. The van der Waals surface area contributed by atoms with Crippen LogP contribution in [0.1, 0.15) is 41.2 Å². The third-order valence-corrected chi connectivity index (χ3v) is 5.04. The highest BCUT2D eigenvalue weighted by Crippen LogP contribution is 2.20. The molecule has 1 saturated heterocycles. The van der Waals surface area contributed by atoms with Gasteiger partial charge >= 0.3 is 17.8 Å². The summed E-state index contributed by atoms with van der Waals surface area (Å²) in [5, 5.41) is 0. The Bertz CT molecular complexity index is 975. The zero-order chi connectivity index (χ0) is 21.3. The molecule has 0 N–H and O–H groups in total. The summed E-state index contributed by atoms with van der Waals surface area (Å²) in [5.41, 5.74) is 3.23. The number of ketones is 1. The summed E-state index contributed by atoms with van der Waals surface area (Å²) in [6, 6.07) is 10.9. The fourth-order valence-electron chi connectivity index (χ4n) is 3.54. The van der Waals surface area contributed by atoms with Crippen molar-refractivity contribution in [3.05, 3.63) is 58.9 Å². The van der Waals surface area contributed by atoms with Crippen LogP contribution in [-0.2, 0) is 16.1 Å². The lowest BCUT2D eigenvalue weighted by atomic mass is 10.1. The van der Waals surface area contributed by atoms with E-state index < -0.39 is 24.4 Å². The van der Waals surface area contributed by atoms with Crippen molar-refractivity contribution in [2.45, 2.75) is 34.2 Å². The van der Waals surface area contributed by atoms with E-state index >= 15 is 0 Å². The maximum atomic E-state index is 12.9. The Labute approximate surface area is 169 Å². The Kier molecular flexibility index (Phi) is 5.68. The smallest absolute Gasteiger partial charge is 0.334 e. The molecule has 0 spiro atoms. The molecule has 4 amide bonds. The molecule has 0 unspecified atom stereocenters. The minimum atomic E-state index is -0.943. The van der Waals surface area contributed by atoms with Gasteiger partial charge in [-0.1, -0.05) is 44.2 Å². The number of benzene rings is 1.